The molecule has 0 aromatic carbocycles. The van der Waals surface area contributed by atoms with Crippen LogP contribution in [0.15, 0.2) is 0 Å². The third-order valence-corrected chi connectivity index (χ3v) is 0.775. The fourth-order valence-electron chi connectivity index (χ4n) is 0.239. The van der Waals surface area contributed by atoms with Crippen molar-refractivity contribution in [2.75, 3.05) is 0 Å². The van der Waals surface area contributed by atoms with E-state index >= 15 is 0 Å². The van der Waals surface area contributed by atoms with Gasteiger partial charge in [0, 0.05) is 0 Å². The van der Waals surface area contributed by atoms with Crippen LogP contribution in [0.2, 0.25) is 0 Å². The first kappa shape index (κ1) is 8.06. The fourth-order valence-corrected chi connectivity index (χ4v) is 0.239. The summed E-state index contributed by atoms with van der Waals surface area (Å²) in [6.07, 6.45) is -1.61. The van der Waals surface area contributed by atoms with Crippen molar-refractivity contribution in [1.82, 2.24) is 0 Å². The van der Waals surface area contributed by atoms with Gasteiger partial charge in [-0.25, -0.2) is 4.79 Å². The summed E-state index contributed by atoms with van der Waals surface area (Å²) in [4.78, 5) is 19.5. The number of nitrogens with two attached hydrogens (primary N) is 1. The quantitative estimate of drug-likeness (QED) is 0.385. The van der Waals surface area contributed by atoms with Crippen molar-refractivity contribution in [3.05, 3.63) is 0 Å². The summed E-state index contributed by atoms with van der Waals surface area (Å²) in [7, 11) is 0. The van der Waals surface area contributed by atoms with Gasteiger partial charge in [-0.2, -0.15) is 0 Å². The number of carboxylic acids is 1. The number of hydrogen-bond donors (Lipinski definition) is 3. The van der Waals surface area contributed by atoms with Gasteiger partial charge in [0.25, 0.3) is 0 Å². The van der Waals surface area contributed by atoms with Crippen molar-refractivity contribution < 1.29 is 19.8 Å². The number of aliphatic hydroxyl groups excluding tert-OH is 1. The molecule has 0 aromatic heterocycles. The average molecular weight is 133 g/mol. The predicted molar refractivity (Wildman–Crippen MR) is 27.7 cm³/mol. The predicted octanol–water partition coefficient (Wildman–Crippen LogP) is -2.04. The van der Waals surface area contributed by atoms with Crippen LogP contribution in [0, 0.1) is 0 Å². The third kappa shape index (κ3) is 2.20. The molecular formula is C4H7NO4. The standard InChI is InChI=1S/C4H7NO4/c5-2(1-6)3(7)4(8)9/h1-3,7H,5H2,(H,8,9)/t2-,3?/m1/s1. The third-order valence-electron chi connectivity index (χ3n) is 0.775. The molecule has 52 valence electrons. The monoisotopic (exact) mass is 133 g/mol. The van der Waals surface area contributed by atoms with Gasteiger partial charge < -0.3 is 20.7 Å². The Labute approximate surface area is 51.1 Å². The number of carbonyl (C=O) groups is 2. The zero-order chi connectivity index (χ0) is 7.44. The van der Waals surface area contributed by atoms with Gasteiger partial charge in [-0.15, -0.1) is 0 Å². The second-order valence-electron chi connectivity index (χ2n) is 1.50. The molecule has 0 bridgehead atoms. The van der Waals surface area contributed by atoms with Crippen LogP contribution < -0.4 is 5.73 Å². The van der Waals surface area contributed by atoms with Crippen LogP contribution in [-0.4, -0.2) is 34.6 Å². The lowest BCUT2D eigenvalue weighted by molar-refractivity contribution is -0.148. The molecule has 5 heteroatoms. The Morgan fingerprint density at radius 2 is 2.11 bits per heavy atom. The minimum Gasteiger partial charge on any atom is -0.479 e. The Morgan fingerprint density at radius 3 is 2.22 bits per heavy atom. The molecule has 0 heterocycles. The molecule has 0 amide bonds. The summed E-state index contributed by atoms with van der Waals surface area (Å²) in [5, 5.41) is 16.4. The first-order valence-electron chi connectivity index (χ1n) is 2.21. The van der Waals surface area contributed by atoms with Crippen LogP contribution in [0.5, 0.6) is 0 Å². The SMILES string of the molecule is N[C@H](C=O)C(O)C(=O)O. The fraction of sp³-hybridized carbons (Fsp3) is 0.500. The molecule has 5 nitrogen and oxygen atoms in total. The van der Waals surface area contributed by atoms with Crippen molar-refractivity contribution in [3.63, 3.8) is 0 Å². The van der Waals surface area contributed by atoms with Gasteiger partial charge >= 0.3 is 5.97 Å². The van der Waals surface area contributed by atoms with E-state index in [1.165, 1.54) is 0 Å². The Hall–Kier alpha value is -0.940. The second-order valence-corrected chi connectivity index (χ2v) is 1.50. The molecule has 9 heavy (non-hydrogen) atoms. The molecule has 0 spiro atoms. The average Bonchev–Trinajstić information content (AvgIpc) is 1.84. The maximum absolute atomic E-state index is 9.81. The highest BCUT2D eigenvalue weighted by Gasteiger charge is 2.20. The van der Waals surface area contributed by atoms with Crippen LogP contribution in [0.1, 0.15) is 0 Å². The van der Waals surface area contributed by atoms with Gasteiger partial charge in [0.2, 0.25) is 0 Å². The number of carboxylic acid groups (broad SMARTS) is 1. The van der Waals surface area contributed by atoms with Crippen LogP contribution in [-0.2, 0) is 9.59 Å². The lowest BCUT2D eigenvalue weighted by Gasteiger charge is -2.05. The minimum absolute atomic E-state index is 0.179. The maximum Gasteiger partial charge on any atom is 0.334 e. The van der Waals surface area contributed by atoms with E-state index in [0.29, 0.717) is 0 Å². The van der Waals surface area contributed by atoms with Crippen molar-refractivity contribution in [3.8, 4) is 0 Å². The van der Waals surface area contributed by atoms with E-state index in [2.05, 4.69) is 0 Å². The summed E-state index contributed by atoms with van der Waals surface area (Å²) >= 11 is 0. The molecule has 0 saturated heterocycles. The van der Waals surface area contributed by atoms with Crippen LogP contribution >= 0.6 is 0 Å². The molecule has 0 aliphatic heterocycles. The first-order valence-corrected chi connectivity index (χ1v) is 2.21. The maximum atomic E-state index is 9.81. The van der Waals surface area contributed by atoms with E-state index < -0.39 is 18.1 Å². The van der Waals surface area contributed by atoms with Gasteiger partial charge in [-0.1, -0.05) is 0 Å². The van der Waals surface area contributed by atoms with Gasteiger partial charge in [0.05, 0.1) is 6.04 Å². The van der Waals surface area contributed by atoms with Crippen LogP contribution in [0.3, 0.4) is 0 Å². The Morgan fingerprint density at radius 1 is 1.67 bits per heavy atom. The molecule has 1 unspecified atom stereocenters. The number of aliphatic hydroxyl groups is 1. The van der Waals surface area contributed by atoms with Crippen molar-refractivity contribution >= 4 is 12.3 Å². The van der Waals surface area contributed by atoms with Crippen molar-refractivity contribution in [1.29, 1.82) is 0 Å². The van der Waals surface area contributed by atoms with Crippen LogP contribution in [0.4, 0.5) is 0 Å². The van der Waals surface area contributed by atoms with Gasteiger partial charge in [0.15, 0.2) is 6.10 Å². The summed E-state index contributed by atoms with van der Waals surface area (Å²) in [6.45, 7) is 0. The number of hydrogen-bond acceptors (Lipinski definition) is 4. The van der Waals surface area contributed by atoms with Gasteiger partial charge in [0.1, 0.15) is 6.29 Å². The Kier molecular flexibility index (Phi) is 2.83. The minimum atomic E-state index is -1.79. The summed E-state index contributed by atoms with van der Waals surface area (Å²) in [6, 6.07) is -1.33. The molecule has 0 aliphatic rings. The Balaban J connectivity index is 3.86. The van der Waals surface area contributed by atoms with E-state index in [0.717, 1.165) is 0 Å². The lowest BCUT2D eigenvalue weighted by atomic mass is 10.2. The summed E-state index contributed by atoms with van der Waals surface area (Å²) in [5.74, 6) is -1.49. The zero-order valence-corrected chi connectivity index (χ0v) is 4.52. The molecule has 0 fully saturated rings. The van der Waals surface area contributed by atoms with Gasteiger partial charge in [-0.3, -0.25) is 0 Å². The topological polar surface area (TPSA) is 101 Å². The van der Waals surface area contributed by atoms with E-state index in [4.69, 9.17) is 15.9 Å². The first-order chi connectivity index (χ1) is 4.09. The molecule has 0 saturated carbocycles. The highest BCUT2D eigenvalue weighted by Crippen LogP contribution is 1.84. The Bertz CT molecular complexity index is 124. The highest BCUT2D eigenvalue weighted by atomic mass is 16.4. The van der Waals surface area contributed by atoms with E-state index in [9.17, 15) is 9.59 Å². The number of rotatable bonds is 3. The number of aldehydes is 1. The molecule has 0 aliphatic carbocycles. The normalized spacial score (nSPS) is 16.2. The van der Waals surface area contributed by atoms with E-state index in [1.54, 1.807) is 0 Å². The molecule has 0 aromatic rings. The van der Waals surface area contributed by atoms with Crippen LogP contribution in [0.25, 0.3) is 0 Å². The van der Waals surface area contributed by atoms with Crippen molar-refractivity contribution in [2.24, 2.45) is 5.73 Å². The number of carbonyl (C=O) groups excluding carboxylic acids is 1. The molecule has 4 N–H and O–H groups in total. The van der Waals surface area contributed by atoms with E-state index in [1.807, 2.05) is 0 Å². The zero-order valence-electron chi connectivity index (χ0n) is 4.52. The molecule has 2 atom stereocenters. The lowest BCUT2D eigenvalue weighted by Crippen LogP contribution is -2.41. The van der Waals surface area contributed by atoms with Gasteiger partial charge in [-0.05, 0) is 0 Å². The van der Waals surface area contributed by atoms with Crippen molar-refractivity contribution in [2.45, 2.75) is 12.1 Å². The molecule has 0 radical (unpaired) electrons. The second kappa shape index (κ2) is 3.16. The smallest absolute Gasteiger partial charge is 0.334 e. The summed E-state index contributed by atoms with van der Waals surface area (Å²) < 4.78 is 0. The molecular weight excluding hydrogens is 126 g/mol. The molecule has 0 rings (SSSR count). The number of aliphatic carboxylic acids is 1. The highest BCUT2D eigenvalue weighted by molar-refractivity contribution is 5.78. The largest absolute Gasteiger partial charge is 0.479 e. The summed E-state index contributed by atoms with van der Waals surface area (Å²) in [5.41, 5.74) is 4.82. The van der Waals surface area contributed by atoms with E-state index in [-0.39, 0.29) is 6.29 Å².